The van der Waals surface area contributed by atoms with Gasteiger partial charge in [0.2, 0.25) is 5.91 Å². The molecule has 20 heavy (non-hydrogen) atoms. The minimum atomic E-state index is -0.347. The zero-order chi connectivity index (χ0) is 14.5. The van der Waals surface area contributed by atoms with Gasteiger partial charge in [-0.1, -0.05) is 0 Å². The summed E-state index contributed by atoms with van der Waals surface area (Å²) in [5, 5.41) is 8.71. The molecule has 0 saturated heterocycles. The predicted octanol–water partition coefficient (Wildman–Crippen LogP) is 0.910. The molecule has 6 nitrogen and oxygen atoms in total. The van der Waals surface area contributed by atoms with Crippen molar-refractivity contribution in [2.75, 3.05) is 11.9 Å². The van der Waals surface area contributed by atoms with Gasteiger partial charge in [-0.2, -0.15) is 0 Å². The van der Waals surface area contributed by atoms with Gasteiger partial charge in [0.15, 0.2) is 0 Å². The van der Waals surface area contributed by atoms with Crippen molar-refractivity contribution in [1.29, 1.82) is 0 Å². The second-order valence-electron chi connectivity index (χ2n) is 4.94. The average molecular weight is 276 g/mol. The van der Waals surface area contributed by atoms with Crippen LogP contribution >= 0.6 is 0 Å². The summed E-state index contributed by atoms with van der Waals surface area (Å²) in [6.45, 7) is 4.20. The van der Waals surface area contributed by atoms with Gasteiger partial charge < -0.3 is 16.0 Å². The summed E-state index contributed by atoms with van der Waals surface area (Å²) in [5.74, 6) is -0.241. The summed E-state index contributed by atoms with van der Waals surface area (Å²) in [5.41, 5.74) is 1.05. The normalized spacial score (nSPS) is 15.3. The van der Waals surface area contributed by atoms with Crippen molar-refractivity contribution < 1.29 is 9.59 Å². The Kier molecular flexibility index (Phi) is 4.55. The van der Waals surface area contributed by atoms with Crippen LogP contribution in [0.2, 0.25) is 0 Å². The molecule has 2 rings (SSSR count). The summed E-state index contributed by atoms with van der Waals surface area (Å²) in [6, 6.07) is 3.38. The Morgan fingerprint density at radius 3 is 2.85 bits per heavy atom. The van der Waals surface area contributed by atoms with Gasteiger partial charge in [-0.15, -0.1) is 0 Å². The lowest BCUT2D eigenvalue weighted by molar-refractivity contribution is -0.121. The number of carbonyl (C=O) groups excluding carboxylic acids is 2. The molecule has 1 aromatic heterocycles. The third-order valence-electron chi connectivity index (χ3n) is 3.03. The van der Waals surface area contributed by atoms with Gasteiger partial charge in [0.05, 0.1) is 0 Å². The maximum atomic E-state index is 11.9. The molecular formula is C14H20N4O2. The molecule has 3 N–H and O–H groups in total. The first-order valence-corrected chi connectivity index (χ1v) is 6.91. The molecule has 1 aliphatic carbocycles. The van der Waals surface area contributed by atoms with Crippen molar-refractivity contribution >= 4 is 17.5 Å². The van der Waals surface area contributed by atoms with Gasteiger partial charge in [0, 0.05) is 24.5 Å². The van der Waals surface area contributed by atoms with E-state index in [-0.39, 0.29) is 17.9 Å². The number of nitrogens with one attached hydrogen (secondary N) is 3. The van der Waals surface area contributed by atoms with Crippen molar-refractivity contribution in [1.82, 2.24) is 15.6 Å². The first-order chi connectivity index (χ1) is 9.60. The molecule has 1 unspecified atom stereocenters. The highest BCUT2D eigenvalue weighted by molar-refractivity contribution is 5.93. The molecule has 1 atom stereocenters. The SMILES string of the molecule is CCNC(=O)c1cc(NC(C)C(=O)NC2CC2)ccn1. The van der Waals surface area contributed by atoms with Gasteiger partial charge >= 0.3 is 0 Å². The van der Waals surface area contributed by atoms with Crippen molar-refractivity contribution in [2.45, 2.75) is 38.8 Å². The molecule has 108 valence electrons. The summed E-state index contributed by atoms with van der Waals surface area (Å²) < 4.78 is 0. The van der Waals surface area contributed by atoms with E-state index in [2.05, 4.69) is 20.9 Å². The Bertz CT molecular complexity index is 500. The molecule has 1 aromatic rings. The van der Waals surface area contributed by atoms with E-state index in [9.17, 15) is 9.59 Å². The van der Waals surface area contributed by atoms with Crippen molar-refractivity contribution in [2.24, 2.45) is 0 Å². The highest BCUT2D eigenvalue weighted by Gasteiger charge is 2.25. The second-order valence-corrected chi connectivity index (χ2v) is 4.94. The second kappa shape index (κ2) is 6.36. The molecule has 1 aliphatic rings. The number of amides is 2. The molecule has 0 radical (unpaired) electrons. The molecule has 1 saturated carbocycles. The fourth-order valence-electron chi connectivity index (χ4n) is 1.77. The van der Waals surface area contributed by atoms with E-state index in [0.29, 0.717) is 24.0 Å². The predicted molar refractivity (Wildman–Crippen MR) is 76.5 cm³/mol. The van der Waals surface area contributed by atoms with Crippen LogP contribution in [0.4, 0.5) is 5.69 Å². The Morgan fingerprint density at radius 2 is 2.20 bits per heavy atom. The summed E-state index contributed by atoms with van der Waals surface area (Å²) in [4.78, 5) is 27.6. The van der Waals surface area contributed by atoms with Gasteiger partial charge in [-0.25, -0.2) is 0 Å². The highest BCUT2D eigenvalue weighted by Crippen LogP contribution is 2.19. The molecule has 0 aliphatic heterocycles. The molecule has 6 heteroatoms. The lowest BCUT2D eigenvalue weighted by Gasteiger charge is -2.15. The van der Waals surface area contributed by atoms with Crippen LogP contribution in [0.3, 0.4) is 0 Å². The van der Waals surface area contributed by atoms with Crippen molar-refractivity contribution in [3.05, 3.63) is 24.0 Å². The molecule has 0 bridgehead atoms. The number of pyridine rings is 1. The molecular weight excluding hydrogens is 256 g/mol. The average Bonchev–Trinajstić information content (AvgIpc) is 3.23. The Labute approximate surface area is 118 Å². The lowest BCUT2D eigenvalue weighted by atomic mass is 10.2. The maximum absolute atomic E-state index is 11.9. The number of carbonyl (C=O) groups is 2. The zero-order valence-electron chi connectivity index (χ0n) is 11.8. The van der Waals surface area contributed by atoms with E-state index in [1.165, 1.54) is 0 Å². The molecule has 0 aromatic carbocycles. The Balaban J connectivity index is 1.95. The Hall–Kier alpha value is -2.11. The molecule has 2 amide bonds. The molecule has 1 heterocycles. The number of rotatable bonds is 6. The highest BCUT2D eigenvalue weighted by atomic mass is 16.2. The third-order valence-corrected chi connectivity index (χ3v) is 3.03. The summed E-state index contributed by atoms with van der Waals surface area (Å²) >= 11 is 0. The third kappa shape index (κ3) is 3.94. The fraction of sp³-hybridized carbons (Fsp3) is 0.500. The maximum Gasteiger partial charge on any atom is 0.269 e. The first kappa shape index (κ1) is 14.3. The smallest absolute Gasteiger partial charge is 0.269 e. The van der Waals surface area contributed by atoms with E-state index in [0.717, 1.165) is 12.8 Å². The van der Waals surface area contributed by atoms with E-state index < -0.39 is 0 Å². The van der Waals surface area contributed by atoms with Crippen LogP contribution in [0.1, 0.15) is 37.2 Å². The molecule has 0 spiro atoms. The van der Waals surface area contributed by atoms with E-state index in [4.69, 9.17) is 0 Å². The van der Waals surface area contributed by atoms with Crippen molar-refractivity contribution in [3.8, 4) is 0 Å². The number of hydrogen-bond acceptors (Lipinski definition) is 4. The van der Waals surface area contributed by atoms with E-state index >= 15 is 0 Å². The largest absolute Gasteiger partial charge is 0.374 e. The standard InChI is InChI=1S/C14H20N4O2/c1-3-15-14(20)12-8-11(6-7-16-12)17-9(2)13(19)18-10-4-5-10/h6-10H,3-5H2,1-2H3,(H,15,20)(H,16,17)(H,18,19). The first-order valence-electron chi connectivity index (χ1n) is 6.91. The van der Waals surface area contributed by atoms with Gasteiger partial charge in [-0.3, -0.25) is 14.6 Å². The van der Waals surface area contributed by atoms with E-state index in [1.807, 2.05) is 6.92 Å². The van der Waals surface area contributed by atoms with Crippen molar-refractivity contribution in [3.63, 3.8) is 0 Å². The topological polar surface area (TPSA) is 83.1 Å². The van der Waals surface area contributed by atoms with Crippen LogP contribution in [-0.4, -0.2) is 35.4 Å². The van der Waals surface area contributed by atoms with Crippen LogP contribution in [0.5, 0.6) is 0 Å². The van der Waals surface area contributed by atoms with Gasteiger partial charge in [0.25, 0.3) is 5.91 Å². The number of nitrogens with zero attached hydrogens (tertiary/aromatic N) is 1. The zero-order valence-corrected chi connectivity index (χ0v) is 11.8. The lowest BCUT2D eigenvalue weighted by Crippen LogP contribution is -2.38. The number of anilines is 1. The van der Waals surface area contributed by atoms with Crippen LogP contribution in [-0.2, 0) is 4.79 Å². The van der Waals surface area contributed by atoms with Crippen LogP contribution in [0.25, 0.3) is 0 Å². The molecule has 1 fully saturated rings. The van der Waals surface area contributed by atoms with Crippen LogP contribution in [0.15, 0.2) is 18.3 Å². The number of hydrogen-bond donors (Lipinski definition) is 3. The summed E-state index contributed by atoms with van der Waals surface area (Å²) in [6.07, 6.45) is 3.68. The monoisotopic (exact) mass is 276 g/mol. The van der Waals surface area contributed by atoms with Gasteiger partial charge in [0.1, 0.15) is 11.7 Å². The quantitative estimate of drug-likeness (QED) is 0.721. The fourth-order valence-corrected chi connectivity index (χ4v) is 1.77. The van der Waals surface area contributed by atoms with Crippen LogP contribution < -0.4 is 16.0 Å². The number of aromatic nitrogens is 1. The van der Waals surface area contributed by atoms with Crippen LogP contribution in [0, 0.1) is 0 Å². The van der Waals surface area contributed by atoms with Gasteiger partial charge in [-0.05, 0) is 38.8 Å². The summed E-state index contributed by atoms with van der Waals surface area (Å²) in [7, 11) is 0. The van der Waals surface area contributed by atoms with E-state index in [1.54, 1.807) is 25.3 Å². The minimum Gasteiger partial charge on any atom is -0.374 e. The minimum absolute atomic E-state index is 0.0242. The Morgan fingerprint density at radius 1 is 1.45 bits per heavy atom.